The fourth-order valence-corrected chi connectivity index (χ4v) is 5.47. The van der Waals surface area contributed by atoms with E-state index in [0.29, 0.717) is 6.61 Å². The van der Waals surface area contributed by atoms with Crippen LogP contribution in [-0.4, -0.2) is 50.4 Å². The Bertz CT molecular complexity index is 975. The third-order valence-corrected chi connectivity index (χ3v) is 16.6. The van der Waals surface area contributed by atoms with Gasteiger partial charge >= 0.3 is 0 Å². The van der Waals surface area contributed by atoms with Gasteiger partial charge in [0, 0.05) is 5.56 Å². The molecule has 0 saturated carbocycles. The van der Waals surface area contributed by atoms with Gasteiger partial charge in [0.2, 0.25) is 0 Å². The lowest BCUT2D eigenvalue weighted by molar-refractivity contribution is -0.101. The average molecular weight is 502 g/mol. The van der Waals surface area contributed by atoms with Gasteiger partial charge in [-0.25, -0.2) is 4.68 Å². The van der Waals surface area contributed by atoms with Gasteiger partial charge in [-0.1, -0.05) is 83.2 Å². The average Bonchev–Trinajstić information content (AvgIpc) is 3.22. The lowest BCUT2D eigenvalue weighted by Crippen LogP contribution is -2.51. The number of benzene rings is 1. The second kappa shape index (κ2) is 9.81. The van der Waals surface area contributed by atoms with Gasteiger partial charge < -0.3 is 13.6 Å². The largest absolute Gasteiger partial charge is 0.414 e. The standard InChI is InChI=1S/C26H43N3O3Si2/c1-25(2,3)33(7,8)30-19-23-22(32-34(9,10)26(4,5)6)16-17-24(31-23)29-18-21(27-28-29)20-14-12-11-13-15-20/h11-18,22-24H,19H2,1-10H3/t22-,23+,24-/m0/s1. The minimum Gasteiger partial charge on any atom is -0.414 e. The van der Waals surface area contributed by atoms with Crippen LogP contribution in [0.2, 0.25) is 36.3 Å². The van der Waals surface area contributed by atoms with Gasteiger partial charge in [0.15, 0.2) is 22.9 Å². The molecule has 188 valence electrons. The first-order valence-corrected chi connectivity index (χ1v) is 18.1. The Morgan fingerprint density at radius 3 is 2.12 bits per heavy atom. The van der Waals surface area contributed by atoms with Crippen molar-refractivity contribution >= 4 is 16.6 Å². The van der Waals surface area contributed by atoms with Crippen LogP contribution in [0.5, 0.6) is 0 Å². The molecule has 0 aliphatic carbocycles. The predicted molar refractivity (Wildman–Crippen MR) is 144 cm³/mol. The Hall–Kier alpha value is -1.59. The topological polar surface area (TPSA) is 58.4 Å². The van der Waals surface area contributed by atoms with E-state index in [0.717, 1.165) is 11.3 Å². The highest BCUT2D eigenvalue weighted by Crippen LogP contribution is 2.40. The molecule has 2 aromatic rings. The Labute approximate surface area is 208 Å². The Balaban J connectivity index is 1.83. The van der Waals surface area contributed by atoms with Crippen molar-refractivity contribution in [3.8, 4) is 11.3 Å². The van der Waals surface area contributed by atoms with Crippen molar-refractivity contribution in [3.63, 3.8) is 0 Å². The van der Waals surface area contributed by atoms with Crippen molar-refractivity contribution < 1.29 is 13.6 Å². The molecule has 0 amide bonds. The summed E-state index contributed by atoms with van der Waals surface area (Å²) in [5, 5.41) is 8.97. The fraction of sp³-hybridized carbons (Fsp3) is 0.615. The molecule has 3 atom stereocenters. The van der Waals surface area contributed by atoms with E-state index >= 15 is 0 Å². The van der Waals surface area contributed by atoms with E-state index in [9.17, 15) is 0 Å². The number of hydrogen-bond acceptors (Lipinski definition) is 5. The quantitative estimate of drug-likeness (QED) is 0.308. The lowest BCUT2D eigenvalue weighted by atomic mass is 10.1. The molecule has 0 bridgehead atoms. The maximum absolute atomic E-state index is 6.78. The molecule has 0 fully saturated rings. The van der Waals surface area contributed by atoms with Crippen LogP contribution in [0, 0.1) is 0 Å². The maximum Gasteiger partial charge on any atom is 0.193 e. The minimum atomic E-state index is -2.00. The van der Waals surface area contributed by atoms with Gasteiger partial charge in [-0.2, -0.15) is 0 Å². The van der Waals surface area contributed by atoms with Crippen molar-refractivity contribution in [1.82, 2.24) is 15.0 Å². The Morgan fingerprint density at radius 1 is 0.912 bits per heavy atom. The summed E-state index contributed by atoms with van der Waals surface area (Å²) in [5.74, 6) is 0. The molecule has 6 nitrogen and oxygen atoms in total. The predicted octanol–water partition coefficient (Wildman–Crippen LogP) is 6.81. The van der Waals surface area contributed by atoms with Crippen molar-refractivity contribution in [2.45, 2.75) is 96.2 Å². The first kappa shape index (κ1) is 27.0. The molecule has 1 aliphatic rings. The van der Waals surface area contributed by atoms with E-state index in [1.54, 1.807) is 4.68 Å². The van der Waals surface area contributed by atoms with Gasteiger partial charge in [-0.3, -0.25) is 0 Å². The Kier molecular flexibility index (Phi) is 7.80. The summed E-state index contributed by atoms with van der Waals surface area (Å²) in [6.07, 6.45) is 5.38. The van der Waals surface area contributed by atoms with E-state index in [1.165, 1.54) is 0 Å². The van der Waals surface area contributed by atoms with Crippen LogP contribution in [0.25, 0.3) is 11.3 Å². The van der Waals surface area contributed by atoms with Crippen LogP contribution in [0.15, 0.2) is 48.7 Å². The van der Waals surface area contributed by atoms with Gasteiger partial charge in [-0.05, 0) is 42.3 Å². The molecule has 8 heteroatoms. The lowest BCUT2D eigenvalue weighted by Gasteiger charge is -2.43. The smallest absolute Gasteiger partial charge is 0.193 e. The molecule has 1 aliphatic heterocycles. The third-order valence-electron chi connectivity index (χ3n) is 7.64. The SMILES string of the molecule is CC(C)(C)[Si](C)(C)OC[C@H]1O[C@H](n2cc(-c3ccccc3)nn2)C=C[C@@H]1O[Si](C)(C)C(C)(C)C. The van der Waals surface area contributed by atoms with E-state index < -0.39 is 16.6 Å². The van der Waals surface area contributed by atoms with Crippen LogP contribution < -0.4 is 0 Å². The number of nitrogens with zero attached hydrogens (tertiary/aromatic N) is 3. The molecule has 34 heavy (non-hydrogen) atoms. The fourth-order valence-electron chi connectivity index (χ4n) is 3.20. The van der Waals surface area contributed by atoms with Gasteiger partial charge in [0.1, 0.15) is 11.8 Å². The first-order chi connectivity index (χ1) is 15.6. The summed E-state index contributed by atoms with van der Waals surface area (Å²) >= 11 is 0. The third kappa shape index (κ3) is 6.15. The maximum atomic E-state index is 6.78. The molecule has 1 aromatic heterocycles. The summed E-state index contributed by atoms with van der Waals surface area (Å²) in [4.78, 5) is 0. The van der Waals surface area contributed by atoms with E-state index in [4.69, 9.17) is 13.6 Å². The molecule has 0 radical (unpaired) electrons. The molecule has 0 spiro atoms. The summed E-state index contributed by atoms with van der Waals surface area (Å²) < 4.78 is 21.7. The molecule has 1 aromatic carbocycles. The van der Waals surface area contributed by atoms with Crippen molar-refractivity contribution in [1.29, 1.82) is 0 Å². The number of ether oxygens (including phenoxy) is 1. The zero-order chi connectivity index (χ0) is 25.4. The second-order valence-corrected chi connectivity index (χ2v) is 21.9. The van der Waals surface area contributed by atoms with Crippen LogP contribution in [-0.2, 0) is 13.6 Å². The van der Waals surface area contributed by atoms with Crippen LogP contribution in [0.1, 0.15) is 47.8 Å². The monoisotopic (exact) mass is 501 g/mol. The summed E-state index contributed by atoms with van der Waals surface area (Å²) in [7, 11) is -3.94. The minimum absolute atomic E-state index is 0.110. The number of hydrogen-bond donors (Lipinski definition) is 0. The van der Waals surface area contributed by atoms with Crippen LogP contribution in [0.3, 0.4) is 0 Å². The molecule has 3 rings (SSSR count). The number of rotatable bonds is 7. The summed E-state index contributed by atoms with van der Waals surface area (Å²) in [6.45, 7) is 23.2. The molecule has 0 unspecified atom stereocenters. The molecular formula is C26H43N3O3Si2. The van der Waals surface area contributed by atoms with Crippen molar-refractivity contribution in [3.05, 3.63) is 48.7 Å². The van der Waals surface area contributed by atoms with Crippen molar-refractivity contribution in [2.24, 2.45) is 0 Å². The van der Waals surface area contributed by atoms with Gasteiger partial charge in [0.05, 0.1) is 18.9 Å². The van der Waals surface area contributed by atoms with Crippen LogP contribution in [0.4, 0.5) is 0 Å². The zero-order valence-electron chi connectivity index (χ0n) is 22.6. The molecular weight excluding hydrogens is 458 g/mol. The highest BCUT2D eigenvalue weighted by Gasteiger charge is 2.43. The van der Waals surface area contributed by atoms with E-state index in [1.807, 2.05) is 42.6 Å². The first-order valence-electron chi connectivity index (χ1n) is 12.2. The highest BCUT2D eigenvalue weighted by atomic mass is 28.4. The Morgan fingerprint density at radius 2 is 1.53 bits per heavy atom. The second-order valence-electron chi connectivity index (χ2n) is 12.3. The van der Waals surface area contributed by atoms with Crippen LogP contribution >= 0.6 is 0 Å². The molecule has 0 saturated heterocycles. The highest BCUT2D eigenvalue weighted by molar-refractivity contribution is 6.74. The molecule has 0 N–H and O–H groups in total. The zero-order valence-corrected chi connectivity index (χ0v) is 24.6. The van der Waals surface area contributed by atoms with Gasteiger partial charge in [0.25, 0.3) is 0 Å². The van der Waals surface area contributed by atoms with E-state index in [2.05, 4.69) is 84.1 Å². The number of aromatic nitrogens is 3. The van der Waals surface area contributed by atoms with Crippen molar-refractivity contribution in [2.75, 3.05) is 6.61 Å². The summed E-state index contributed by atoms with van der Waals surface area (Å²) in [5.41, 5.74) is 1.86. The van der Waals surface area contributed by atoms with E-state index in [-0.39, 0.29) is 28.5 Å². The molecule has 2 heterocycles. The van der Waals surface area contributed by atoms with Gasteiger partial charge in [-0.15, -0.1) is 5.10 Å². The summed E-state index contributed by atoms with van der Waals surface area (Å²) in [6, 6.07) is 10.1. The normalized spacial score (nSPS) is 22.2.